The molecule has 39 heavy (non-hydrogen) atoms. The number of ether oxygens (including phenoxy) is 3. The van der Waals surface area contributed by atoms with E-state index in [9.17, 15) is 9.59 Å². The maximum atomic E-state index is 12.5. The first kappa shape index (κ1) is 28.4. The highest BCUT2D eigenvalue weighted by molar-refractivity contribution is 5.94. The Balaban J connectivity index is 0.970. The Kier molecular flexibility index (Phi) is 11.0. The summed E-state index contributed by atoms with van der Waals surface area (Å²) in [6, 6.07) is 20.9. The molecule has 0 amide bonds. The monoisotopic (exact) mass is 528 g/mol. The summed E-state index contributed by atoms with van der Waals surface area (Å²) in [5.41, 5.74) is 3.46. The minimum Gasteiger partial charge on any atom is -0.494 e. The fourth-order valence-corrected chi connectivity index (χ4v) is 4.86. The van der Waals surface area contributed by atoms with Crippen molar-refractivity contribution in [3.05, 3.63) is 89.0 Å². The van der Waals surface area contributed by atoms with E-state index >= 15 is 0 Å². The fourth-order valence-electron chi connectivity index (χ4n) is 4.86. The lowest BCUT2D eigenvalue weighted by Gasteiger charge is -2.20. The lowest BCUT2D eigenvalue weighted by molar-refractivity contribution is 0.0497. The van der Waals surface area contributed by atoms with E-state index in [-0.39, 0.29) is 11.8 Å². The molecule has 5 nitrogen and oxygen atoms in total. The van der Waals surface area contributed by atoms with Crippen LogP contribution in [0.1, 0.15) is 103 Å². The maximum Gasteiger partial charge on any atom is 0.338 e. The molecule has 0 N–H and O–H groups in total. The third-order valence-corrected chi connectivity index (χ3v) is 7.17. The zero-order chi connectivity index (χ0) is 27.3. The quantitative estimate of drug-likeness (QED) is 0.0826. The minimum absolute atomic E-state index is 0.0763. The summed E-state index contributed by atoms with van der Waals surface area (Å²) in [4.78, 5) is 23.8. The van der Waals surface area contributed by atoms with Crippen molar-refractivity contribution in [3.8, 4) is 17.2 Å². The third-order valence-electron chi connectivity index (χ3n) is 7.17. The second-order valence-electron chi connectivity index (χ2n) is 10.3. The lowest BCUT2D eigenvalue weighted by Crippen LogP contribution is -2.09. The molecule has 0 bridgehead atoms. The highest BCUT2D eigenvalue weighted by Gasteiger charge is 2.18. The van der Waals surface area contributed by atoms with Crippen molar-refractivity contribution in [2.24, 2.45) is 0 Å². The zero-order valence-corrected chi connectivity index (χ0v) is 23.1. The van der Waals surface area contributed by atoms with Gasteiger partial charge < -0.3 is 14.2 Å². The SMILES string of the molecule is CC(=O)c1ccc(OCCCCCCCCCCCCOC(=O)c2ccc3c(c2)Cc2ccccc2O3)cc1. The molecule has 0 atom stereocenters. The predicted octanol–water partition coefficient (Wildman–Crippen LogP) is 8.72. The van der Waals surface area contributed by atoms with Crippen molar-refractivity contribution in [1.82, 2.24) is 0 Å². The summed E-state index contributed by atoms with van der Waals surface area (Å²) < 4.78 is 17.2. The molecule has 5 heteroatoms. The summed E-state index contributed by atoms with van der Waals surface area (Å²) in [5.74, 6) is 2.35. The van der Waals surface area contributed by atoms with Gasteiger partial charge in [0.2, 0.25) is 0 Å². The zero-order valence-electron chi connectivity index (χ0n) is 23.1. The normalized spacial score (nSPS) is 11.7. The smallest absolute Gasteiger partial charge is 0.338 e. The molecule has 0 radical (unpaired) electrons. The molecule has 4 rings (SSSR count). The largest absolute Gasteiger partial charge is 0.494 e. The Labute approximate surface area is 232 Å². The first-order chi connectivity index (χ1) is 19.1. The molecule has 3 aromatic rings. The first-order valence-electron chi connectivity index (χ1n) is 14.4. The number of hydrogen-bond acceptors (Lipinski definition) is 5. The van der Waals surface area contributed by atoms with Crippen LogP contribution in [0, 0.1) is 0 Å². The number of carbonyl (C=O) groups is 2. The van der Waals surface area contributed by atoms with Gasteiger partial charge in [-0.25, -0.2) is 4.79 Å². The number of benzene rings is 3. The van der Waals surface area contributed by atoms with Crippen LogP contribution in [0.15, 0.2) is 66.7 Å². The van der Waals surface area contributed by atoms with E-state index in [0.29, 0.717) is 12.2 Å². The Morgan fingerprint density at radius 3 is 1.95 bits per heavy atom. The van der Waals surface area contributed by atoms with Crippen LogP contribution in [0.3, 0.4) is 0 Å². The van der Waals surface area contributed by atoms with E-state index in [2.05, 4.69) is 6.07 Å². The van der Waals surface area contributed by atoms with Crippen LogP contribution in [-0.2, 0) is 11.2 Å². The molecule has 1 aliphatic heterocycles. The third kappa shape index (κ3) is 8.98. The molecule has 0 spiro atoms. The van der Waals surface area contributed by atoms with Gasteiger partial charge in [0, 0.05) is 17.5 Å². The van der Waals surface area contributed by atoms with Gasteiger partial charge in [-0.15, -0.1) is 0 Å². The van der Waals surface area contributed by atoms with E-state index in [1.165, 1.54) is 44.9 Å². The van der Waals surface area contributed by atoms with Crippen molar-refractivity contribution in [3.63, 3.8) is 0 Å². The van der Waals surface area contributed by atoms with Crippen LogP contribution in [0.25, 0.3) is 0 Å². The number of unbranched alkanes of at least 4 members (excludes halogenated alkanes) is 9. The molecule has 0 aliphatic carbocycles. The average Bonchev–Trinajstić information content (AvgIpc) is 2.96. The van der Waals surface area contributed by atoms with Crippen molar-refractivity contribution in [2.45, 2.75) is 77.6 Å². The van der Waals surface area contributed by atoms with Crippen LogP contribution in [0.4, 0.5) is 0 Å². The van der Waals surface area contributed by atoms with Crippen LogP contribution < -0.4 is 9.47 Å². The Morgan fingerprint density at radius 1 is 0.667 bits per heavy atom. The van der Waals surface area contributed by atoms with Crippen LogP contribution in [0.5, 0.6) is 17.2 Å². The molecule has 0 unspecified atom stereocenters. The number of Topliss-reactive ketones (excluding diaryl/α,β-unsaturated/α-hetero) is 1. The van der Waals surface area contributed by atoms with Gasteiger partial charge >= 0.3 is 5.97 Å². The number of ketones is 1. The Bertz CT molecular complexity index is 1210. The molecule has 1 heterocycles. The van der Waals surface area contributed by atoms with Crippen LogP contribution >= 0.6 is 0 Å². The van der Waals surface area contributed by atoms with Gasteiger partial charge in [0.25, 0.3) is 0 Å². The summed E-state index contributed by atoms with van der Waals surface area (Å²) >= 11 is 0. The summed E-state index contributed by atoms with van der Waals surface area (Å²) in [6.07, 6.45) is 12.5. The highest BCUT2D eigenvalue weighted by atomic mass is 16.5. The van der Waals surface area contributed by atoms with E-state index in [1.807, 2.05) is 54.6 Å². The number of fused-ring (bicyclic) bond motifs is 2. The fraction of sp³-hybridized carbons (Fsp3) is 0.412. The van der Waals surface area contributed by atoms with Gasteiger partial charge in [-0.1, -0.05) is 69.6 Å². The number of carbonyl (C=O) groups excluding carboxylic acids is 2. The van der Waals surface area contributed by atoms with E-state index in [0.717, 1.165) is 66.2 Å². The Hall–Kier alpha value is -3.60. The van der Waals surface area contributed by atoms with Gasteiger partial charge in [-0.3, -0.25) is 4.79 Å². The lowest BCUT2D eigenvalue weighted by atomic mass is 9.98. The van der Waals surface area contributed by atoms with Gasteiger partial charge in [0.1, 0.15) is 17.2 Å². The predicted molar refractivity (Wildman–Crippen MR) is 154 cm³/mol. The second kappa shape index (κ2) is 15.1. The molecule has 206 valence electrons. The molecular formula is C34H40O5. The van der Waals surface area contributed by atoms with E-state index in [1.54, 1.807) is 13.0 Å². The highest BCUT2D eigenvalue weighted by Crippen LogP contribution is 2.36. The number of para-hydroxylation sites is 1. The van der Waals surface area contributed by atoms with E-state index in [4.69, 9.17) is 14.2 Å². The standard InChI is InChI=1S/C34H40O5/c1-26(35)27-16-19-31(20-17-27)37-22-12-8-6-4-2-3-5-7-9-13-23-38-34(36)29-18-21-33-30(25-29)24-28-14-10-11-15-32(28)39-33/h10-11,14-21,25H,2-9,12-13,22-24H2,1H3. The van der Waals surface area contributed by atoms with Crippen LogP contribution in [0.2, 0.25) is 0 Å². The molecule has 0 aromatic heterocycles. The van der Waals surface area contributed by atoms with Crippen molar-refractivity contribution in [2.75, 3.05) is 13.2 Å². The number of rotatable bonds is 16. The number of esters is 1. The Morgan fingerprint density at radius 2 is 1.26 bits per heavy atom. The topological polar surface area (TPSA) is 61.8 Å². The minimum atomic E-state index is -0.257. The van der Waals surface area contributed by atoms with Gasteiger partial charge in [-0.05, 0) is 73.9 Å². The number of hydrogen-bond donors (Lipinski definition) is 0. The van der Waals surface area contributed by atoms with Gasteiger partial charge in [0.05, 0.1) is 18.8 Å². The second-order valence-corrected chi connectivity index (χ2v) is 10.3. The average molecular weight is 529 g/mol. The van der Waals surface area contributed by atoms with Crippen molar-refractivity contribution < 1.29 is 23.8 Å². The molecule has 1 aliphatic rings. The maximum absolute atomic E-state index is 12.5. The van der Waals surface area contributed by atoms with Crippen molar-refractivity contribution >= 4 is 11.8 Å². The summed E-state index contributed by atoms with van der Waals surface area (Å²) in [7, 11) is 0. The summed E-state index contributed by atoms with van der Waals surface area (Å²) in [5, 5.41) is 0. The van der Waals surface area contributed by atoms with Gasteiger partial charge in [0.15, 0.2) is 5.78 Å². The molecule has 3 aromatic carbocycles. The van der Waals surface area contributed by atoms with Crippen LogP contribution in [-0.4, -0.2) is 25.0 Å². The summed E-state index contributed by atoms with van der Waals surface area (Å²) in [6.45, 7) is 2.76. The molecule has 0 saturated heterocycles. The molecule has 0 saturated carbocycles. The van der Waals surface area contributed by atoms with Crippen molar-refractivity contribution in [1.29, 1.82) is 0 Å². The molecule has 0 fully saturated rings. The first-order valence-corrected chi connectivity index (χ1v) is 14.4. The molecular weight excluding hydrogens is 488 g/mol. The van der Waals surface area contributed by atoms with E-state index < -0.39 is 0 Å². The van der Waals surface area contributed by atoms with Gasteiger partial charge in [-0.2, -0.15) is 0 Å².